The summed E-state index contributed by atoms with van der Waals surface area (Å²) >= 11 is 6.92. The molecule has 1 N–H and O–H groups in total. The van der Waals surface area contributed by atoms with Crippen molar-refractivity contribution in [3.05, 3.63) is 69.8 Å². The molecular formula is C16H10ClFN2OS. The largest absolute Gasteiger partial charge is 0.300 e. The van der Waals surface area contributed by atoms with Crippen LogP contribution in [0, 0.1) is 5.82 Å². The molecule has 0 aliphatic carbocycles. The van der Waals surface area contributed by atoms with E-state index in [9.17, 15) is 9.18 Å². The van der Waals surface area contributed by atoms with Crippen molar-refractivity contribution in [2.45, 2.75) is 0 Å². The quantitative estimate of drug-likeness (QED) is 0.840. The van der Waals surface area contributed by atoms with Gasteiger partial charge in [0.05, 0.1) is 10.6 Å². The Kier molecular flexibility index (Phi) is 4.27. The maximum absolute atomic E-state index is 12.9. The number of aliphatic imine (C=N–C) groups is 1. The molecule has 0 atom stereocenters. The molecular weight excluding hydrogens is 323 g/mol. The molecule has 0 unspecified atom stereocenters. The van der Waals surface area contributed by atoms with Crippen LogP contribution >= 0.6 is 23.4 Å². The number of thioether (sulfide) groups is 1. The molecule has 1 saturated heterocycles. The molecule has 110 valence electrons. The number of carbonyl (C=O) groups excluding carboxylic acids is 1. The molecule has 0 bridgehead atoms. The van der Waals surface area contributed by atoms with Crippen LogP contribution < -0.4 is 5.32 Å². The van der Waals surface area contributed by atoms with Gasteiger partial charge < -0.3 is 5.32 Å². The van der Waals surface area contributed by atoms with Crippen molar-refractivity contribution >= 4 is 46.2 Å². The number of nitrogens with zero attached hydrogens (tertiary/aromatic N) is 1. The molecule has 6 heteroatoms. The molecule has 1 aliphatic heterocycles. The summed E-state index contributed by atoms with van der Waals surface area (Å²) in [6, 6.07) is 13.0. The topological polar surface area (TPSA) is 41.5 Å². The molecule has 0 saturated carbocycles. The van der Waals surface area contributed by atoms with Crippen molar-refractivity contribution < 1.29 is 9.18 Å². The fraction of sp³-hybridized carbons (Fsp3) is 0. The van der Waals surface area contributed by atoms with E-state index in [-0.39, 0.29) is 11.1 Å². The van der Waals surface area contributed by atoms with Crippen molar-refractivity contribution in [2.75, 3.05) is 0 Å². The van der Waals surface area contributed by atoms with E-state index in [1.165, 1.54) is 12.1 Å². The van der Waals surface area contributed by atoms with Gasteiger partial charge in [-0.25, -0.2) is 9.38 Å². The van der Waals surface area contributed by atoms with Crippen LogP contribution in [0.1, 0.15) is 5.56 Å². The predicted molar refractivity (Wildman–Crippen MR) is 89.0 cm³/mol. The van der Waals surface area contributed by atoms with E-state index in [0.29, 0.717) is 21.5 Å². The monoisotopic (exact) mass is 332 g/mol. The Morgan fingerprint density at radius 2 is 1.77 bits per heavy atom. The average molecular weight is 333 g/mol. The third-order valence-electron chi connectivity index (χ3n) is 2.89. The lowest BCUT2D eigenvalue weighted by Gasteiger charge is -2.00. The first-order chi connectivity index (χ1) is 10.6. The molecule has 0 spiro atoms. The molecule has 0 radical (unpaired) electrons. The Balaban J connectivity index is 1.93. The lowest BCUT2D eigenvalue weighted by atomic mass is 10.2. The van der Waals surface area contributed by atoms with Gasteiger partial charge in [-0.1, -0.05) is 23.7 Å². The van der Waals surface area contributed by atoms with Gasteiger partial charge in [-0.15, -0.1) is 0 Å². The first kappa shape index (κ1) is 14.8. The number of halogens is 2. The standard InChI is InChI=1S/C16H10ClFN2OS/c17-11-3-1-10(2-4-11)9-14-15(20-16(21)22-14)19-13-7-5-12(18)6-8-13/h1-9H,(H,19,20,21)/b14-9+. The second-order valence-corrected chi connectivity index (χ2v) is 5.96. The van der Waals surface area contributed by atoms with Gasteiger partial charge in [0.15, 0.2) is 0 Å². The molecule has 3 rings (SSSR count). The summed E-state index contributed by atoms with van der Waals surface area (Å²) in [5.74, 6) is 0.127. The number of carbonyl (C=O) groups is 1. The fourth-order valence-corrected chi connectivity index (χ4v) is 2.73. The number of hydrogen-bond donors (Lipinski definition) is 1. The van der Waals surface area contributed by atoms with Crippen LogP contribution in [0.4, 0.5) is 14.9 Å². The smallest absolute Gasteiger partial charge is 0.289 e. The van der Waals surface area contributed by atoms with Crippen molar-refractivity contribution in [2.24, 2.45) is 4.99 Å². The van der Waals surface area contributed by atoms with Gasteiger partial charge in [0.1, 0.15) is 11.7 Å². The second kappa shape index (κ2) is 6.34. The van der Waals surface area contributed by atoms with Crippen molar-refractivity contribution in [1.29, 1.82) is 0 Å². The van der Waals surface area contributed by atoms with E-state index in [1.54, 1.807) is 24.3 Å². The van der Waals surface area contributed by atoms with Crippen LogP contribution in [0.15, 0.2) is 58.4 Å². The first-order valence-corrected chi connectivity index (χ1v) is 7.60. The van der Waals surface area contributed by atoms with E-state index in [1.807, 2.05) is 18.2 Å². The van der Waals surface area contributed by atoms with Gasteiger partial charge in [-0.2, -0.15) is 0 Å². The highest BCUT2D eigenvalue weighted by Gasteiger charge is 2.23. The Bertz CT molecular complexity index is 704. The second-order valence-electron chi connectivity index (χ2n) is 4.51. The maximum atomic E-state index is 12.9. The van der Waals surface area contributed by atoms with Gasteiger partial charge in [0.25, 0.3) is 5.24 Å². The summed E-state index contributed by atoms with van der Waals surface area (Å²) in [4.78, 5) is 16.7. The Morgan fingerprint density at radius 3 is 2.45 bits per heavy atom. The molecule has 2 aromatic rings. The fourth-order valence-electron chi connectivity index (χ4n) is 1.87. The summed E-state index contributed by atoms with van der Waals surface area (Å²) in [5.41, 5.74) is 1.48. The molecule has 2 aromatic carbocycles. The molecule has 22 heavy (non-hydrogen) atoms. The van der Waals surface area contributed by atoms with Crippen molar-refractivity contribution in [1.82, 2.24) is 5.32 Å². The summed E-state index contributed by atoms with van der Waals surface area (Å²) < 4.78 is 12.9. The zero-order valence-corrected chi connectivity index (χ0v) is 12.8. The van der Waals surface area contributed by atoms with E-state index < -0.39 is 0 Å². The van der Waals surface area contributed by atoms with Crippen LogP contribution in [0.5, 0.6) is 0 Å². The Morgan fingerprint density at radius 1 is 1.09 bits per heavy atom. The highest BCUT2D eigenvalue weighted by atomic mass is 35.5. The molecule has 1 aliphatic rings. The minimum atomic E-state index is -0.328. The van der Waals surface area contributed by atoms with E-state index in [4.69, 9.17) is 11.6 Å². The summed E-state index contributed by atoms with van der Waals surface area (Å²) in [6.45, 7) is 0. The molecule has 1 amide bonds. The third kappa shape index (κ3) is 3.55. The van der Waals surface area contributed by atoms with Crippen LogP contribution in [0.25, 0.3) is 6.08 Å². The van der Waals surface area contributed by atoms with Gasteiger partial charge >= 0.3 is 0 Å². The summed E-state index contributed by atoms with van der Waals surface area (Å²) in [6.07, 6.45) is 1.85. The zero-order valence-electron chi connectivity index (χ0n) is 11.2. The number of hydrogen-bond acceptors (Lipinski definition) is 3. The number of nitrogens with one attached hydrogen (secondary N) is 1. The Labute approximate surface area is 135 Å². The highest BCUT2D eigenvalue weighted by molar-refractivity contribution is 8.18. The lowest BCUT2D eigenvalue weighted by molar-refractivity contribution is 0.265. The molecule has 1 fully saturated rings. The van der Waals surface area contributed by atoms with Crippen LogP contribution in [0.3, 0.4) is 0 Å². The average Bonchev–Trinajstić information content (AvgIpc) is 2.83. The molecule has 0 aromatic heterocycles. The van der Waals surface area contributed by atoms with Crippen LogP contribution in [-0.4, -0.2) is 11.1 Å². The highest BCUT2D eigenvalue weighted by Crippen LogP contribution is 2.28. The summed E-state index contributed by atoms with van der Waals surface area (Å²) in [7, 11) is 0. The van der Waals surface area contributed by atoms with E-state index in [0.717, 1.165) is 17.3 Å². The zero-order chi connectivity index (χ0) is 15.5. The van der Waals surface area contributed by atoms with Crippen LogP contribution in [0.2, 0.25) is 5.02 Å². The maximum Gasteiger partial charge on any atom is 0.289 e. The molecule has 1 heterocycles. The normalized spacial score (nSPS) is 18.0. The predicted octanol–water partition coefficient (Wildman–Crippen LogP) is 5.01. The summed E-state index contributed by atoms with van der Waals surface area (Å²) in [5, 5.41) is 3.14. The number of rotatable bonds is 2. The van der Waals surface area contributed by atoms with Gasteiger partial charge in [0.2, 0.25) is 0 Å². The third-order valence-corrected chi connectivity index (χ3v) is 3.96. The van der Waals surface area contributed by atoms with E-state index in [2.05, 4.69) is 10.3 Å². The number of amides is 1. The number of amidine groups is 1. The minimum Gasteiger partial charge on any atom is -0.300 e. The van der Waals surface area contributed by atoms with Gasteiger partial charge in [-0.3, -0.25) is 4.79 Å². The van der Waals surface area contributed by atoms with Crippen LogP contribution in [-0.2, 0) is 0 Å². The van der Waals surface area contributed by atoms with Crippen molar-refractivity contribution in [3.8, 4) is 0 Å². The lowest BCUT2D eigenvalue weighted by Crippen LogP contribution is -2.18. The van der Waals surface area contributed by atoms with E-state index >= 15 is 0 Å². The minimum absolute atomic E-state index is 0.193. The first-order valence-electron chi connectivity index (χ1n) is 6.41. The van der Waals surface area contributed by atoms with Crippen molar-refractivity contribution in [3.63, 3.8) is 0 Å². The van der Waals surface area contributed by atoms with Gasteiger partial charge in [-0.05, 0) is 59.8 Å². The van der Waals surface area contributed by atoms with Gasteiger partial charge in [0, 0.05) is 5.02 Å². The number of benzene rings is 2. The Hall–Kier alpha value is -2.11. The molecule has 3 nitrogen and oxygen atoms in total. The SMILES string of the molecule is O=C1NC(=Nc2ccc(F)cc2)/C(=C\c2ccc(Cl)cc2)S1.